The molecular formula is C9H17NO7S. The topological polar surface area (TPSA) is 130 Å². The first-order valence-electron chi connectivity index (χ1n) is 5.10. The summed E-state index contributed by atoms with van der Waals surface area (Å²) in [6, 6.07) is 0. The highest BCUT2D eigenvalue weighted by atomic mass is 32.2. The Bertz CT molecular complexity index is 401. The van der Waals surface area contributed by atoms with Crippen LogP contribution in [0, 0.1) is 0 Å². The van der Waals surface area contributed by atoms with Crippen molar-refractivity contribution in [2.24, 2.45) is 0 Å². The molecule has 0 aliphatic heterocycles. The average molecular weight is 283 g/mol. The Morgan fingerprint density at radius 1 is 1.39 bits per heavy atom. The molecule has 0 saturated carbocycles. The molecule has 106 valence electrons. The monoisotopic (exact) mass is 283 g/mol. The number of carbonyl (C=O) groups excluding carboxylic acids is 1. The van der Waals surface area contributed by atoms with Crippen LogP contribution in [0.1, 0.15) is 19.8 Å². The molecule has 0 bridgehead atoms. The van der Waals surface area contributed by atoms with E-state index in [0.717, 1.165) is 6.92 Å². The molecule has 1 atom stereocenters. The largest absolute Gasteiger partial charge is 0.479 e. The average Bonchev–Trinajstić information content (AvgIpc) is 2.26. The predicted octanol–water partition coefficient (Wildman–Crippen LogP) is -1.31. The smallest absolute Gasteiger partial charge is 0.336 e. The molecule has 0 aromatic rings. The Morgan fingerprint density at radius 2 is 1.94 bits per heavy atom. The zero-order valence-electron chi connectivity index (χ0n) is 10.2. The quantitative estimate of drug-likeness (QED) is 0.472. The molecule has 0 heterocycles. The van der Waals surface area contributed by atoms with Gasteiger partial charge < -0.3 is 14.9 Å². The van der Waals surface area contributed by atoms with Crippen LogP contribution >= 0.6 is 0 Å². The minimum Gasteiger partial charge on any atom is -0.479 e. The van der Waals surface area contributed by atoms with E-state index in [4.69, 9.17) is 5.11 Å². The number of rotatable bonds is 8. The fourth-order valence-corrected chi connectivity index (χ4v) is 2.08. The summed E-state index contributed by atoms with van der Waals surface area (Å²) in [5.74, 6) is -2.40. The Labute approximate surface area is 105 Å². The fraction of sp³-hybridized carbons (Fsp3) is 0.778. The summed E-state index contributed by atoms with van der Waals surface area (Å²) in [4.78, 5) is 21.3. The molecule has 0 rings (SSSR count). The molecule has 0 aliphatic rings. The van der Waals surface area contributed by atoms with Crippen LogP contribution in [-0.2, 0) is 24.3 Å². The van der Waals surface area contributed by atoms with Gasteiger partial charge in [-0.2, -0.15) is 0 Å². The van der Waals surface area contributed by atoms with E-state index in [1.807, 2.05) is 4.72 Å². The molecule has 0 aromatic carbocycles. The summed E-state index contributed by atoms with van der Waals surface area (Å²) in [6.45, 7) is 0.342. The number of ether oxygens (including phenoxy) is 1. The zero-order valence-corrected chi connectivity index (χ0v) is 11.0. The minimum absolute atomic E-state index is 0.0489. The van der Waals surface area contributed by atoms with Gasteiger partial charge in [0.2, 0.25) is 10.0 Å². The van der Waals surface area contributed by atoms with Gasteiger partial charge in [0.1, 0.15) is 0 Å². The maximum absolute atomic E-state index is 11.4. The van der Waals surface area contributed by atoms with E-state index in [2.05, 4.69) is 4.74 Å². The van der Waals surface area contributed by atoms with Gasteiger partial charge in [0, 0.05) is 13.0 Å². The Balaban J connectivity index is 4.17. The van der Waals surface area contributed by atoms with Crippen molar-refractivity contribution >= 4 is 22.0 Å². The number of aliphatic carboxylic acids is 1. The van der Waals surface area contributed by atoms with Crippen LogP contribution in [0.3, 0.4) is 0 Å². The second-order valence-corrected chi connectivity index (χ2v) is 5.83. The van der Waals surface area contributed by atoms with E-state index in [1.165, 1.54) is 7.11 Å². The molecule has 18 heavy (non-hydrogen) atoms. The molecule has 3 N–H and O–H groups in total. The van der Waals surface area contributed by atoms with Crippen LogP contribution in [-0.4, -0.2) is 55.6 Å². The van der Waals surface area contributed by atoms with Crippen molar-refractivity contribution < 1.29 is 33.0 Å². The standard InChI is InChI=1S/C9H17NO7S/c1-9(14,8(12)13)6-10-18(15,16)5-3-4-7(11)17-2/h10,14H,3-6H2,1-2H3,(H,12,13). The van der Waals surface area contributed by atoms with Crippen molar-refractivity contribution in [3.8, 4) is 0 Å². The molecule has 8 nitrogen and oxygen atoms in total. The molecule has 0 saturated heterocycles. The van der Waals surface area contributed by atoms with Gasteiger partial charge in [-0.1, -0.05) is 0 Å². The van der Waals surface area contributed by atoms with Gasteiger partial charge in [0.05, 0.1) is 12.9 Å². The van der Waals surface area contributed by atoms with Gasteiger partial charge in [-0.3, -0.25) is 4.79 Å². The van der Waals surface area contributed by atoms with E-state index < -0.39 is 34.1 Å². The third-order valence-electron chi connectivity index (χ3n) is 2.12. The number of methoxy groups -OCH3 is 1. The summed E-state index contributed by atoms with van der Waals surface area (Å²) < 4.78 is 29.1. The molecule has 0 aliphatic carbocycles. The number of carbonyl (C=O) groups is 2. The molecule has 0 radical (unpaired) electrons. The number of hydrogen-bond acceptors (Lipinski definition) is 6. The highest BCUT2D eigenvalue weighted by Crippen LogP contribution is 2.03. The molecule has 0 spiro atoms. The minimum atomic E-state index is -3.73. The first-order valence-corrected chi connectivity index (χ1v) is 6.76. The van der Waals surface area contributed by atoms with Crippen LogP contribution in [0.15, 0.2) is 0 Å². The van der Waals surface area contributed by atoms with Crippen molar-refractivity contribution in [1.29, 1.82) is 0 Å². The van der Waals surface area contributed by atoms with Crippen LogP contribution in [0.5, 0.6) is 0 Å². The second kappa shape index (κ2) is 6.66. The van der Waals surface area contributed by atoms with Crippen molar-refractivity contribution in [3.05, 3.63) is 0 Å². The number of esters is 1. The third-order valence-corrected chi connectivity index (χ3v) is 3.53. The lowest BCUT2D eigenvalue weighted by molar-refractivity contribution is -0.155. The molecule has 0 aromatic heterocycles. The van der Waals surface area contributed by atoms with Crippen LogP contribution in [0.25, 0.3) is 0 Å². The highest BCUT2D eigenvalue weighted by Gasteiger charge is 2.31. The van der Waals surface area contributed by atoms with Gasteiger partial charge in [-0.05, 0) is 13.3 Å². The Morgan fingerprint density at radius 3 is 2.39 bits per heavy atom. The fourth-order valence-electron chi connectivity index (χ4n) is 0.907. The third kappa shape index (κ3) is 6.52. The number of carboxylic acids is 1. The highest BCUT2D eigenvalue weighted by molar-refractivity contribution is 7.89. The lowest BCUT2D eigenvalue weighted by Crippen LogP contribution is -2.47. The van der Waals surface area contributed by atoms with E-state index in [1.54, 1.807) is 0 Å². The lowest BCUT2D eigenvalue weighted by atomic mass is 10.1. The Hall–Kier alpha value is -1.19. The summed E-state index contributed by atoms with van der Waals surface area (Å²) in [7, 11) is -2.54. The second-order valence-electron chi connectivity index (χ2n) is 3.90. The van der Waals surface area contributed by atoms with Gasteiger partial charge in [-0.15, -0.1) is 0 Å². The maximum atomic E-state index is 11.4. The summed E-state index contributed by atoms with van der Waals surface area (Å²) >= 11 is 0. The summed E-state index contributed by atoms with van der Waals surface area (Å²) in [5.41, 5.74) is -2.17. The first kappa shape index (κ1) is 16.8. The van der Waals surface area contributed by atoms with E-state index in [9.17, 15) is 23.1 Å². The molecule has 1 unspecified atom stereocenters. The Kier molecular flexibility index (Phi) is 6.22. The van der Waals surface area contributed by atoms with Gasteiger partial charge >= 0.3 is 11.9 Å². The summed E-state index contributed by atoms with van der Waals surface area (Å²) in [5, 5.41) is 17.9. The molecule has 0 fully saturated rings. The number of carboxylic acid groups (broad SMARTS) is 1. The van der Waals surface area contributed by atoms with Crippen molar-refractivity contribution in [3.63, 3.8) is 0 Å². The van der Waals surface area contributed by atoms with E-state index in [0.29, 0.717) is 0 Å². The van der Waals surface area contributed by atoms with Crippen LogP contribution < -0.4 is 4.72 Å². The number of nitrogens with one attached hydrogen (secondary N) is 1. The number of sulfonamides is 1. The number of hydrogen-bond donors (Lipinski definition) is 3. The lowest BCUT2D eigenvalue weighted by Gasteiger charge is -2.18. The van der Waals surface area contributed by atoms with Crippen molar-refractivity contribution in [2.45, 2.75) is 25.4 Å². The van der Waals surface area contributed by atoms with Crippen LogP contribution in [0.2, 0.25) is 0 Å². The SMILES string of the molecule is COC(=O)CCCS(=O)(=O)NCC(C)(O)C(=O)O. The predicted molar refractivity (Wildman–Crippen MR) is 61.3 cm³/mol. The van der Waals surface area contributed by atoms with Gasteiger partial charge in [-0.25, -0.2) is 17.9 Å². The van der Waals surface area contributed by atoms with E-state index in [-0.39, 0.29) is 18.6 Å². The zero-order chi connectivity index (χ0) is 14.4. The van der Waals surface area contributed by atoms with Crippen molar-refractivity contribution in [2.75, 3.05) is 19.4 Å². The van der Waals surface area contributed by atoms with Gasteiger partial charge in [0.15, 0.2) is 5.60 Å². The first-order chi connectivity index (χ1) is 8.10. The normalized spacial score (nSPS) is 14.8. The van der Waals surface area contributed by atoms with Gasteiger partial charge in [0.25, 0.3) is 0 Å². The molecule has 0 amide bonds. The summed E-state index contributed by atoms with van der Waals surface area (Å²) in [6.07, 6.45) is 0.00392. The van der Waals surface area contributed by atoms with Crippen molar-refractivity contribution in [1.82, 2.24) is 4.72 Å². The van der Waals surface area contributed by atoms with Crippen LogP contribution in [0.4, 0.5) is 0 Å². The maximum Gasteiger partial charge on any atom is 0.336 e. The molecule has 9 heteroatoms. The molecular weight excluding hydrogens is 266 g/mol. The van der Waals surface area contributed by atoms with E-state index >= 15 is 0 Å². The number of aliphatic hydroxyl groups is 1.